The van der Waals surface area contributed by atoms with Crippen molar-refractivity contribution in [2.24, 2.45) is 0 Å². The van der Waals surface area contributed by atoms with E-state index in [1.807, 2.05) is 78.9 Å². The molecule has 7 aromatic carbocycles. The van der Waals surface area contributed by atoms with Crippen LogP contribution in [-0.4, -0.2) is 9.55 Å². The fourth-order valence-corrected chi connectivity index (χ4v) is 5.66. The van der Waals surface area contributed by atoms with E-state index in [9.17, 15) is 0 Å². The largest absolute Gasteiger partial charge is 0.292 e. The molecule has 2 heteroatoms. The fraction of sp³-hybridized carbons (Fsp3) is 0. The van der Waals surface area contributed by atoms with E-state index in [4.69, 9.17) is 18.7 Å². The second kappa shape index (κ2) is 9.62. The average molecular weight is 533 g/mol. The molecule has 192 valence electrons. The summed E-state index contributed by atoms with van der Waals surface area (Å²) in [7, 11) is 0. The first-order valence-corrected chi connectivity index (χ1v) is 13.2. The summed E-state index contributed by atoms with van der Waals surface area (Å²) in [6.07, 6.45) is 0. The van der Waals surface area contributed by atoms with Crippen molar-refractivity contribution in [3.63, 3.8) is 0 Å². The molecule has 0 aliphatic heterocycles. The van der Waals surface area contributed by atoms with E-state index in [2.05, 4.69) is 0 Å². The summed E-state index contributed by atoms with van der Waals surface area (Å²) in [6, 6.07) is 26.0. The minimum absolute atomic E-state index is 0.0372. The number of hydrogen-bond acceptors (Lipinski definition) is 1. The lowest BCUT2D eigenvalue weighted by Gasteiger charge is -2.19. The quantitative estimate of drug-likeness (QED) is 0.206. The van der Waals surface area contributed by atoms with Crippen LogP contribution in [-0.2, 0) is 0 Å². The van der Waals surface area contributed by atoms with E-state index in [1.165, 1.54) is 0 Å². The van der Waals surface area contributed by atoms with Crippen LogP contribution in [0.2, 0.25) is 0 Å². The van der Waals surface area contributed by atoms with Gasteiger partial charge in [-0.3, -0.25) is 4.57 Å². The lowest BCUT2D eigenvalue weighted by atomic mass is 9.86. The van der Waals surface area contributed by atoms with E-state index in [0.717, 1.165) is 21.9 Å². The molecule has 0 amide bonds. The Bertz CT molecular complexity index is 2700. The highest BCUT2D eigenvalue weighted by molar-refractivity contribution is 6.21. The average Bonchev–Trinajstić information content (AvgIpc) is 3.52. The number of aromatic nitrogens is 2. The van der Waals surface area contributed by atoms with Gasteiger partial charge in [-0.05, 0) is 74.1 Å². The van der Waals surface area contributed by atoms with Crippen molar-refractivity contribution in [3.05, 3.63) is 157 Å². The normalized spacial score (nSPS) is 14.8. The van der Waals surface area contributed by atoms with Gasteiger partial charge in [-0.2, -0.15) is 0 Å². The van der Waals surface area contributed by atoms with Gasteiger partial charge in [0.15, 0.2) is 0 Å². The van der Waals surface area contributed by atoms with Gasteiger partial charge in [0.25, 0.3) is 0 Å². The Labute approximate surface area is 252 Å². The topological polar surface area (TPSA) is 17.8 Å². The highest BCUT2D eigenvalue weighted by Crippen LogP contribution is 2.45. The van der Waals surface area contributed by atoms with Crippen molar-refractivity contribution in [1.29, 1.82) is 0 Å². The SMILES string of the molecule is [2H]c1c([2H])c([2H])c(-c2ccc3c(-c4nc5ccccc5n4-c4c([2H])c([2H])c([2H])c([2H])c4[2H])c4ccccc4c(-c4ccccc4)c3c2)c([2H])c1[2H]. The molecule has 0 aliphatic rings. The van der Waals surface area contributed by atoms with E-state index in [-0.39, 0.29) is 35.4 Å². The van der Waals surface area contributed by atoms with Gasteiger partial charge in [0, 0.05) is 11.3 Å². The number of rotatable bonds is 4. The van der Waals surface area contributed by atoms with Crippen LogP contribution in [0.5, 0.6) is 0 Å². The molecule has 0 spiro atoms. The van der Waals surface area contributed by atoms with Crippen LogP contribution in [0.25, 0.3) is 71.9 Å². The van der Waals surface area contributed by atoms with Crippen LogP contribution < -0.4 is 0 Å². The Morgan fingerprint density at radius 2 is 1.12 bits per heavy atom. The third-order valence-electron chi connectivity index (χ3n) is 7.37. The first-order valence-electron chi connectivity index (χ1n) is 18.2. The molecule has 0 radical (unpaired) electrons. The molecule has 1 aromatic heterocycles. The summed E-state index contributed by atoms with van der Waals surface area (Å²) in [6.45, 7) is 0. The highest BCUT2D eigenvalue weighted by Gasteiger charge is 2.22. The van der Waals surface area contributed by atoms with Gasteiger partial charge in [-0.1, -0.05) is 127 Å². The lowest BCUT2D eigenvalue weighted by molar-refractivity contribution is 1.11. The molecule has 41 heavy (non-hydrogen) atoms. The summed E-state index contributed by atoms with van der Waals surface area (Å²) in [5, 5.41) is 3.04. The van der Waals surface area contributed by atoms with Crippen molar-refractivity contribution in [2.45, 2.75) is 0 Å². The number of para-hydroxylation sites is 3. The van der Waals surface area contributed by atoms with E-state index in [0.29, 0.717) is 38.8 Å². The molecule has 8 rings (SSSR count). The zero-order valence-electron chi connectivity index (χ0n) is 31.6. The molecule has 0 saturated heterocycles. The minimum Gasteiger partial charge on any atom is -0.292 e. The van der Waals surface area contributed by atoms with E-state index >= 15 is 0 Å². The molecule has 0 bridgehead atoms. The van der Waals surface area contributed by atoms with Crippen LogP contribution in [0, 0.1) is 0 Å². The number of hydrogen-bond donors (Lipinski definition) is 0. The van der Waals surface area contributed by atoms with Gasteiger partial charge >= 0.3 is 0 Å². The van der Waals surface area contributed by atoms with E-state index < -0.39 is 36.3 Å². The predicted molar refractivity (Wildman–Crippen MR) is 172 cm³/mol. The number of imidazole rings is 1. The summed E-state index contributed by atoms with van der Waals surface area (Å²) < 4.78 is 86.9. The van der Waals surface area contributed by atoms with Crippen LogP contribution >= 0.6 is 0 Å². The molecule has 0 fully saturated rings. The zero-order valence-corrected chi connectivity index (χ0v) is 21.6. The van der Waals surface area contributed by atoms with Crippen LogP contribution in [0.15, 0.2) is 157 Å². The number of benzene rings is 7. The number of nitrogens with zero attached hydrogens (tertiary/aromatic N) is 2. The van der Waals surface area contributed by atoms with Gasteiger partial charge in [-0.25, -0.2) is 4.98 Å². The lowest BCUT2D eigenvalue weighted by Crippen LogP contribution is -1.99. The third kappa shape index (κ3) is 3.84. The maximum atomic E-state index is 8.93. The van der Waals surface area contributed by atoms with Crippen LogP contribution in [0.3, 0.4) is 0 Å². The smallest absolute Gasteiger partial charge is 0.146 e. The Morgan fingerprint density at radius 1 is 0.488 bits per heavy atom. The molecular weight excluding hydrogens is 496 g/mol. The highest BCUT2D eigenvalue weighted by atomic mass is 15.1. The van der Waals surface area contributed by atoms with Gasteiger partial charge in [0.2, 0.25) is 0 Å². The van der Waals surface area contributed by atoms with Crippen molar-refractivity contribution in [2.75, 3.05) is 0 Å². The molecule has 1 heterocycles. The molecule has 0 saturated carbocycles. The van der Waals surface area contributed by atoms with Crippen molar-refractivity contribution >= 4 is 32.6 Å². The molecule has 2 nitrogen and oxygen atoms in total. The maximum absolute atomic E-state index is 8.93. The van der Waals surface area contributed by atoms with Crippen molar-refractivity contribution in [1.82, 2.24) is 9.55 Å². The summed E-state index contributed by atoms with van der Waals surface area (Å²) in [5.74, 6) is 0.353. The Morgan fingerprint density at radius 3 is 1.90 bits per heavy atom. The van der Waals surface area contributed by atoms with Crippen LogP contribution in [0.4, 0.5) is 0 Å². The Kier molecular flexibility index (Phi) is 3.60. The molecule has 0 N–H and O–H groups in total. The molecule has 0 atom stereocenters. The maximum Gasteiger partial charge on any atom is 0.146 e. The van der Waals surface area contributed by atoms with Gasteiger partial charge in [0.1, 0.15) is 5.82 Å². The second-order valence-electron chi connectivity index (χ2n) is 9.66. The molecule has 0 unspecified atom stereocenters. The van der Waals surface area contributed by atoms with Crippen LogP contribution in [0.1, 0.15) is 13.7 Å². The first kappa shape index (κ1) is 15.4. The standard InChI is InChI=1S/C39H26N2/c1-4-14-27(15-5-1)29-24-25-33-34(26-29)37(28-16-6-2-7-17-28)31-20-10-11-21-32(31)38(33)39-40-35-22-12-13-23-36(35)41(39)30-18-8-3-9-19-30/h1-26H/i1D,3D,4D,5D,8D,9D,14D,15D,18D,19D. The van der Waals surface area contributed by atoms with Gasteiger partial charge in [0.05, 0.1) is 24.7 Å². The molecule has 0 aliphatic carbocycles. The molecule has 8 aromatic rings. The summed E-state index contributed by atoms with van der Waals surface area (Å²) in [4.78, 5) is 5.06. The Balaban J connectivity index is 1.58. The first-order chi connectivity index (χ1) is 24.5. The third-order valence-corrected chi connectivity index (χ3v) is 7.37. The van der Waals surface area contributed by atoms with Gasteiger partial charge < -0.3 is 0 Å². The minimum atomic E-state index is -0.497. The van der Waals surface area contributed by atoms with Crippen molar-refractivity contribution in [3.8, 4) is 39.3 Å². The fourth-order valence-electron chi connectivity index (χ4n) is 5.66. The second-order valence-corrected chi connectivity index (χ2v) is 9.66. The summed E-state index contributed by atoms with van der Waals surface area (Å²) in [5.41, 5.74) is 3.94. The zero-order chi connectivity index (χ0) is 35.9. The monoisotopic (exact) mass is 532 g/mol. The molecular formula is C39H26N2. The Hall–Kier alpha value is -5.47. The van der Waals surface area contributed by atoms with E-state index in [1.54, 1.807) is 22.8 Å². The summed E-state index contributed by atoms with van der Waals surface area (Å²) >= 11 is 0. The van der Waals surface area contributed by atoms with Gasteiger partial charge in [-0.15, -0.1) is 0 Å². The predicted octanol–water partition coefficient (Wildman–Crippen LogP) is 10.3. The van der Waals surface area contributed by atoms with Crippen molar-refractivity contribution < 1.29 is 13.7 Å². The number of fused-ring (bicyclic) bond motifs is 3.